The Bertz CT molecular complexity index is 595. The smallest absolute Gasteiger partial charge is 0.199 e. The van der Waals surface area contributed by atoms with Gasteiger partial charge in [0.05, 0.1) is 0 Å². The molecule has 1 aromatic rings. The lowest BCUT2D eigenvalue weighted by Gasteiger charge is -2.12. The zero-order valence-corrected chi connectivity index (χ0v) is 12.4. The van der Waals surface area contributed by atoms with Crippen molar-refractivity contribution < 1.29 is 8.97 Å². The van der Waals surface area contributed by atoms with Gasteiger partial charge in [-0.25, -0.2) is 8.97 Å². The van der Waals surface area contributed by atoms with Crippen LogP contribution in [0, 0.1) is 0 Å². The minimum absolute atomic E-state index is 0.194. The molecule has 0 radical (unpaired) electrons. The van der Waals surface area contributed by atoms with Crippen molar-refractivity contribution in [2.75, 3.05) is 33.1 Å². The Hall–Kier alpha value is -2.16. The van der Waals surface area contributed by atoms with E-state index in [9.17, 15) is 4.39 Å². The largest absolute Gasteiger partial charge is 0.378 e. The summed E-state index contributed by atoms with van der Waals surface area (Å²) in [5, 5.41) is 0. The molecule has 1 aliphatic rings. The molecule has 0 fully saturated rings. The number of hydrogen-bond acceptors (Lipinski definition) is 1. The van der Waals surface area contributed by atoms with Gasteiger partial charge in [-0.3, -0.25) is 0 Å². The molecule has 0 heterocycles. The number of anilines is 1. The first-order valence-electron chi connectivity index (χ1n) is 6.57. The minimum Gasteiger partial charge on any atom is -0.378 e. The number of halogens is 1. The van der Waals surface area contributed by atoms with Crippen molar-refractivity contribution in [1.29, 1.82) is 0 Å². The quantitative estimate of drug-likeness (QED) is 0.748. The fourth-order valence-corrected chi connectivity index (χ4v) is 1.98. The molecule has 1 aromatic carbocycles. The number of nitrogens with zero attached hydrogens (tertiary/aromatic N) is 2. The molecule has 0 bridgehead atoms. The van der Waals surface area contributed by atoms with E-state index in [4.69, 9.17) is 0 Å². The Morgan fingerprint density at radius 2 is 1.50 bits per heavy atom. The Kier molecular flexibility index (Phi) is 4.18. The molecule has 0 amide bonds. The zero-order valence-electron chi connectivity index (χ0n) is 12.4. The lowest BCUT2D eigenvalue weighted by molar-refractivity contribution is -0.462. The lowest BCUT2D eigenvalue weighted by atomic mass is 10.0. The summed E-state index contributed by atoms with van der Waals surface area (Å²) in [5.74, 6) is -0.194. The molecule has 104 valence electrons. The van der Waals surface area contributed by atoms with Gasteiger partial charge in [0.25, 0.3) is 0 Å². The Morgan fingerprint density at radius 1 is 0.950 bits per heavy atom. The minimum atomic E-state index is -0.194. The van der Waals surface area contributed by atoms with Crippen molar-refractivity contribution in [3.63, 3.8) is 0 Å². The monoisotopic (exact) mass is 271 g/mol. The van der Waals surface area contributed by atoms with Gasteiger partial charge < -0.3 is 4.90 Å². The van der Waals surface area contributed by atoms with E-state index in [1.807, 2.05) is 86.2 Å². The van der Waals surface area contributed by atoms with Crippen LogP contribution in [0.2, 0.25) is 0 Å². The summed E-state index contributed by atoms with van der Waals surface area (Å²) < 4.78 is 16.4. The first-order valence-corrected chi connectivity index (χ1v) is 6.57. The van der Waals surface area contributed by atoms with E-state index >= 15 is 0 Å². The molecule has 2 rings (SSSR count). The molecule has 3 heteroatoms. The maximum atomic E-state index is 14.4. The first-order chi connectivity index (χ1) is 9.49. The SMILES string of the molecule is CN(C)c1ccc(C(F)=C2C=CC(=[N+](C)C)C=C2)cc1. The van der Waals surface area contributed by atoms with Crippen LogP contribution in [-0.2, 0) is 0 Å². The molecule has 0 saturated heterocycles. The van der Waals surface area contributed by atoms with Crippen molar-refractivity contribution in [1.82, 2.24) is 0 Å². The number of hydrogen-bond donors (Lipinski definition) is 0. The van der Waals surface area contributed by atoms with E-state index in [2.05, 4.69) is 0 Å². The predicted molar refractivity (Wildman–Crippen MR) is 84.2 cm³/mol. The van der Waals surface area contributed by atoms with E-state index < -0.39 is 0 Å². The lowest BCUT2D eigenvalue weighted by Crippen LogP contribution is -2.09. The summed E-state index contributed by atoms with van der Waals surface area (Å²) in [6.45, 7) is 0. The van der Waals surface area contributed by atoms with Crippen LogP contribution in [0.3, 0.4) is 0 Å². The predicted octanol–water partition coefficient (Wildman–Crippen LogP) is 3.27. The van der Waals surface area contributed by atoms with Crippen LogP contribution in [-0.4, -0.2) is 38.5 Å². The van der Waals surface area contributed by atoms with Gasteiger partial charge in [-0.15, -0.1) is 0 Å². The van der Waals surface area contributed by atoms with E-state index in [-0.39, 0.29) is 5.83 Å². The molecule has 0 aromatic heterocycles. The fourth-order valence-electron chi connectivity index (χ4n) is 1.98. The second-order valence-corrected chi connectivity index (χ2v) is 5.20. The standard InChI is InChI=1S/C17H20FN2/c1-19(2)15-9-5-13(6-10-15)17(18)14-7-11-16(12-8-14)20(3)4/h5-12H,1-4H3/q+1. The van der Waals surface area contributed by atoms with E-state index in [1.54, 1.807) is 0 Å². The maximum Gasteiger partial charge on any atom is 0.199 e. The molecule has 20 heavy (non-hydrogen) atoms. The van der Waals surface area contributed by atoms with Crippen LogP contribution in [0.4, 0.5) is 10.1 Å². The molecule has 0 atom stereocenters. The van der Waals surface area contributed by atoms with Crippen LogP contribution in [0.5, 0.6) is 0 Å². The number of allylic oxidation sites excluding steroid dienone is 5. The summed E-state index contributed by atoms with van der Waals surface area (Å²) in [6.07, 6.45) is 7.46. The highest BCUT2D eigenvalue weighted by Gasteiger charge is 2.10. The van der Waals surface area contributed by atoms with Gasteiger partial charge in [0.2, 0.25) is 0 Å². The first kappa shape index (κ1) is 14.3. The Morgan fingerprint density at radius 3 is 1.95 bits per heavy atom. The molecule has 0 unspecified atom stereocenters. The van der Waals surface area contributed by atoms with Crippen molar-refractivity contribution in [3.8, 4) is 0 Å². The van der Waals surface area contributed by atoms with Crippen LogP contribution in [0.25, 0.3) is 5.83 Å². The van der Waals surface area contributed by atoms with Crippen molar-refractivity contribution in [3.05, 3.63) is 59.7 Å². The van der Waals surface area contributed by atoms with Gasteiger partial charge in [-0.2, -0.15) is 0 Å². The van der Waals surface area contributed by atoms with Crippen LogP contribution >= 0.6 is 0 Å². The highest BCUT2D eigenvalue weighted by atomic mass is 19.1. The number of benzene rings is 1. The zero-order chi connectivity index (χ0) is 14.7. The highest BCUT2D eigenvalue weighted by molar-refractivity contribution is 6.03. The Labute approximate surface area is 119 Å². The van der Waals surface area contributed by atoms with E-state index in [0.29, 0.717) is 11.1 Å². The van der Waals surface area contributed by atoms with Gasteiger partial charge in [0.1, 0.15) is 19.9 Å². The van der Waals surface area contributed by atoms with Gasteiger partial charge in [-0.05, 0) is 36.4 Å². The third-order valence-corrected chi connectivity index (χ3v) is 3.27. The molecule has 0 N–H and O–H groups in total. The van der Waals surface area contributed by atoms with E-state index in [0.717, 1.165) is 11.4 Å². The van der Waals surface area contributed by atoms with Crippen molar-refractivity contribution in [2.24, 2.45) is 0 Å². The molecular weight excluding hydrogens is 251 g/mol. The van der Waals surface area contributed by atoms with Gasteiger partial charge in [0.15, 0.2) is 5.71 Å². The molecule has 0 spiro atoms. The third-order valence-electron chi connectivity index (χ3n) is 3.27. The maximum absolute atomic E-state index is 14.4. The molecule has 2 nitrogen and oxygen atoms in total. The molecule has 0 aliphatic heterocycles. The summed E-state index contributed by atoms with van der Waals surface area (Å²) in [6, 6.07) is 7.46. The topological polar surface area (TPSA) is 6.25 Å². The highest BCUT2D eigenvalue weighted by Crippen LogP contribution is 2.25. The molecular formula is C17H20FN2+. The summed E-state index contributed by atoms with van der Waals surface area (Å²) in [5.41, 5.74) is 3.33. The molecule has 1 aliphatic carbocycles. The normalized spacial score (nSPS) is 13.7. The Balaban J connectivity index is 2.30. The average Bonchev–Trinajstić information content (AvgIpc) is 2.46. The van der Waals surface area contributed by atoms with Crippen molar-refractivity contribution in [2.45, 2.75) is 0 Å². The van der Waals surface area contributed by atoms with Gasteiger partial charge in [0, 0.05) is 43.1 Å². The van der Waals surface area contributed by atoms with Crippen LogP contribution in [0.1, 0.15) is 5.56 Å². The number of rotatable bonds is 2. The fraction of sp³-hybridized carbons (Fsp3) is 0.235. The summed E-state index contributed by atoms with van der Waals surface area (Å²) >= 11 is 0. The summed E-state index contributed by atoms with van der Waals surface area (Å²) in [4.78, 5) is 1.99. The second kappa shape index (κ2) is 5.87. The third kappa shape index (κ3) is 3.05. The van der Waals surface area contributed by atoms with Gasteiger partial charge in [-0.1, -0.05) is 0 Å². The van der Waals surface area contributed by atoms with Gasteiger partial charge >= 0.3 is 0 Å². The van der Waals surface area contributed by atoms with Crippen molar-refractivity contribution >= 4 is 17.2 Å². The molecule has 0 saturated carbocycles. The summed E-state index contributed by atoms with van der Waals surface area (Å²) in [7, 11) is 7.87. The van der Waals surface area contributed by atoms with E-state index in [1.165, 1.54) is 0 Å². The average molecular weight is 271 g/mol. The van der Waals surface area contributed by atoms with Crippen LogP contribution in [0.15, 0.2) is 54.1 Å². The second-order valence-electron chi connectivity index (χ2n) is 5.20. The van der Waals surface area contributed by atoms with Crippen LogP contribution < -0.4 is 4.90 Å².